The van der Waals surface area contributed by atoms with Crippen LogP contribution in [0.5, 0.6) is 0 Å². The van der Waals surface area contributed by atoms with Crippen LogP contribution < -0.4 is 5.32 Å². The van der Waals surface area contributed by atoms with Crippen molar-refractivity contribution in [3.8, 4) is 0 Å². The van der Waals surface area contributed by atoms with Gasteiger partial charge in [0.05, 0.1) is 25.2 Å². The van der Waals surface area contributed by atoms with Crippen LogP contribution in [0.2, 0.25) is 0 Å². The molecule has 0 saturated heterocycles. The number of amides is 1. The zero-order chi connectivity index (χ0) is 47.4. The van der Waals surface area contributed by atoms with E-state index in [1.165, 1.54) is 186 Å². The van der Waals surface area contributed by atoms with Gasteiger partial charge in [-0.05, 0) is 64.2 Å². The normalized spacial score (nSPS) is 13.4. The molecule has 382 valence electrons. The highest BCUT2D eigenvalue weighted by atomic mass is 16.5. The molecule has 0 aromatic rings. The lowest BCUT2D eigenvalue weighted by Crippen LogP contribution is -2.46. The van der Waals surface area contributed by atoms with Crippen molar-refractivity contribution >= 4 is 11.9 Å². The minimum atomic E-state index is -0.796. The van der Waals surface area contributed by atoms with E-state index in [4.69, 9.17) is 4.74 Å². The fourth-order valence-corrected chi connectivity index (χ4v) is 8.85. The van der Waals surface area contributed by atoms with Crippen molar-refractivity contribution < 1.29 is 24.5 Å². The van der Waals surface area contributed by atoms with Gasteiger partial charge >= 0.3 is 5.97 Å². The highest BCUT2D eigenvalue weighted by Gasteiger charge is 2.24. The number of aliphatic hydroxyl groups excluding tert-OH is 2. The van der Waals surface area contributed by atoms with Gasteiger partial charge in [0.2, 0.25) is 5.91 Å². The molecule has 0 aromatic carbocycles. The van der Waals surface area contributed by atoms with E-state index in [1.807, 2.05) is 0 Å². The first-order valence-corrected chi connectivity index (χ1v) is 28.7. The molecule has 0 aliphatic carbocycles. The average Bonchev–Trinajstić information content (AvgIpc) is 3.30. The van der Waals surface area contributed by atoms with Crippen LogP contribution in [0.3, 0.4) is 0 Å². The molecule has 0 aliphatic heterocycles. The lowest BCUT2D eigenvalue weighted by Gasteiger charge is -2.24. The zero-order valence-corrected chi connectivity index (χ0v) is 43.6. The predicted octanol–water partition coefficient (Wildman–Crippen LogP) is 17.6. The van der Waals surface area contributed by atoms with E-state index in [0.29, 0.717) is 19.3 Å². The minimum absolute atomic E-state index is 0.0561. The van der Waals surface area contributed by atoms with Crippen molar-refractivity contribution in [2.75, 3.05) is 6.61 Å². The van der Waals surface area contributed by atoms with Gasteiger partial charge in [-0.3, -0.25) is 9.59 Å². The summed E-state index contributed by atoms with van der Waals surface area (Å²) < 4.78 is 5.94. The van der Waals surface area contributed by atoms with Gasteiger partial charge in [0.25, 0.3) is 0 Å². The Morgan fingerprint density at radius 2 is 0.785 bits per heavy atom. The molecule has 3 N–H and O–H groups in total. The monoisotopic (exact) mass is 914 g/mol. The second-order valence-corrected chi connectivity index (χ2v) is 19.7. The maximum absolute atomic E-state index is 13.3. The van der Waals surface area contributed by atoms with Gasteiger partial charge in [-0.15, -0.1) is 0 Å². The molecular weight excluding hydrogens is 803 g/mol. The summed E-state index contributed by atoms with van der Waals surface area (Å²) in [5.74, 6) is -0.496. The quantitative estimate of drug-likeness (QED) is 0.0321. The minimum Gasteiger partial charge on any atom is -0.462 e. The number of aliphatic hydroxyl groups is 2. The van der Waals surface area contributed by atoms with Gasteiger partial charge < -0.3 is 20.3 Å². The van der Waals surface area contributed by atoms with Crippen molar-refractivity contribution in [2.45, 2.75) is 322 Å². The van der Waals surface area contributed by atoms with E-state index in [-0.39, 0.29) is 24.9 Å². The summed E-state index contributed by atoms with van der Waals surface area (Å²) in [6.07, 6.45) is 63.5. The zero-order valence-electron chi connectivity index (χ0n) is 43.6. The van der Waals surface area contributed by atoms with E-state index in [1.54, 1.807) is 0 Å². The molecule has 0 spiro atoms. The summed E-state index contributed by atoms with van der Waals surface area (Å²) in [4.78, 5) is 26.2. The second kappa shape index (κ2) is 53.0. The summed E-state index contributed by atoms with van der Waals surface area (Å²) in [5.41, 5.74) is 0. The Labute approximate surface area is 404 Å². The van der Waals surface area contributed by atoms with Gasteiger partial charge in [0, 0.05) is 6.42 Å². The number of hydrogen-bond donors (Lipinski definition) is 3. The third-order valence-electron chi connectivity index (χ3n) is 13.2. The molecule has 1 amide bonds. The number of ether oxygens (including phenoxy) is 1. The number of unbranched alkanes of at least 4 members (excludes halogenated alkanes) is 34. The number of carbonyl (C=O) groups excluding carboxylic acids is 2. The Balaban J connectivity index is 4.56. The second-order valence-electron chi connectivity index (χ2n) is 19.7. The van der Waals surface area contributed by atoms with Crippen LogP contribution in [0, 0.1) is 0 Å². The summed E-state index contributed by atoms with van der Waals surface area (Å²) in [7, 11) is 0. The first-order chi connectivity index (χ1) is 32.0. The molecule has 0 aromatic heterocycles. The molecule has 0 aliphatic rings. The Morgan fingerprint density at radius 3 is 1.20 bits per heavy atom. The van der Waals surface area contributed by atoms with Gasteiger partial charge in [-0.25, -0.2) is 0 Å². The van der Waals surface area contributed by atoms with Crippen molar-refractivity contribution in [2.24, 2.45) is 0 Å². The fraction of sp³-hybridized carbons (Fsp3) is 0.864. The van der Waals surface area contributed by atoms with E-state index < -0.39 is 18.2 Å². The van der Waals surface area contributed by atoms with Crippen LogP contribution in [-0.2, 0) is 14.3 Å². The number of esters is 1. The summed E-state index contributed by atoms with van der Waals surface area (Å²) in [6.45, 7) is 6.48. The average molecular weight is 915 g/mol. The summed E-state index contributed by atoms with van der Waals surface area (Å²) in [6, 6.07) is -0.712. The van der Waals surface area contributed by atoms with Gasteiger partial charge in [0.15, 0.2) is 0 Å². The van der Waals surface area contributed by atoms with Crippen LogP contribution in [0.15, 0.2) is 36.5 Å². The van der Waals surface area contributed by atoms with E-state index in [2.05, 4.69) is 62.5 Å². The Morgan fingerprint density at radius 1 is 0.446 bits per heavy atom. The van der Waals surface area contributed by atoms with Crippen LogP contribution >= 0.6 is 0 Å². The van der Waals surface area contributed by atoms with Crippen LogP contribution in [0.1, 0.15) is 303 Å². The lowest BCUT2D eigenvalue weighted by atomic mass is 10.0. The molecule has 0 fully saturated rings. The molecule has 6 heteroatoms. The lowest BCUT2D eigenvalue weighted by molar-refractivity contribution is -0.151. The third-order valence-corrected chi connectivity index (χ3v) is 13.2. The first kappa shape index (κ1) is 63.1. The molecule has 0 rings (SSSR count). The molecule has 6 nitrogen and oxygen atoms in total. The van der Waals surface area contributed by atoms with Crippen LogP contribution in [0.4, 0.5) is 0 Å². The smallest absolute Gasteiger partial charge is 0.306 e. The number of allylic oxidation sites excluding steroid dienone is 6. The van der Waals surface area contributed by atoms with Crippen molar-refractivity contribution in [1.82, 2.24) is 5.32 Å². The molecular formula is C59H111NO5. The fourth-order valence-electron chi connectivity index (χ4n) is 8.85. The number of nitrogens with one attached hydrogen (secondary N) is 1. The van der Waals surface area contributed by atoms with Gasteiger partial charge in [0.1, 0.15) is 6.10 Å². The van der Waals surface area contributed by atoms with E-state index >= 15 is 0 Å². The molecule has 0 saturated carbocycles. The van der Waals surface area contributed by atoms with Crippen LogP contribution in [0.25, 0.3) is 0 Å². The van der Waals surface area contributed by atoms with Crippen molar-refractivity contribution in [3.63, 3.8) is 0 Å². The highest BCUT2D eigenvalue weighted by Crippen LogP contribution is 2.18. The molecule has 0 radical (unpaired) electrons. The number of rotatable bonds is 52. The van der Waals surface area contributed by atoms with Gasteiger partial charge in [-0.2, -0.15) is 0 Å². The van der Waals surface area contributed by atoms with E-state index in [9.17, 15) is 19.8 Å². The Bertz CT molecular complexity index is 1070. The standard InChI is InChI=1S/C59H111NO5/c1-4-7-10-13-16-19-22-25-28-29-31-33-36-39-42-45-48-51-57(62)56(54-61)60-58(63)53-55(50-47-44-41-38-35-32-30-26-23-20-17-14-11-8-5-2)65-59(64)52-49-46-43-40-37-34-27-24-21-18-15-12-9-6-3/h17,20,26,30,35,38,55-57,61-62H,4-16,18-19,21-25,27-29,31-34,36-37,39-54H2,1-3H3,(H,60,63)/b20-17-,30-26-,38-35-. The summed E-state index contributed by atoms with van der Waals surface area (Å²) >= 11 is 0. The maximum Gasteiger partial charge on any atom is 0.306 e. The Hall–Kier alpha value is -1.92. The Kier molecular flexibility index (Phi) is 51.5. The SMILES string of the molecule is CCCCC/C=C\C/C=C\C/C=C\CCCCC(CC(=O)NC(CO)C(O)CCCCCCCCCCCCCCCCCCC)OC(=O)CCCCCCCCCCCCCCCC. The molecule has 0 bridgehead atoms. The molecule has 0 heterocycles. The number of carbonyl (C=O) groups is 2. The van der Waals surface area contributed by atoms with Crippen molar-refractivity contribution in [3.05, 3.63) is 36.5 Å². The maximum atomic E-state index is 13.3. The largest absolute Gasteiger partial charge is 0.462 e. The first-order valence-electron chi connectivity index (χ1n) is 28.7. The summed E-state index contributed by atoms with van der Waals surface area (Å²) in [5, 5.41) is 23.9. The number of hydrogen-bond acceptors (Lipinski definition) is 5. The highest BCUT2D eigenvalue weighted by molar-refractivity contribution is 5.77. The topological polar surface area (TPSA) is 95.9 Å². The van der Waals surface area contributed by atoms with Crippen LogP contribution in [-0.4, -0.2) is 46.9 Å². The third kappa shape index (κ3) is 48.3. The molecule has 3 atom stereocenters. The molecule has 3 unspecified atom stereocenters. The van der Waals surface area contributed by atoms with Gasteiger partial charge in [-0.1, -0.05) is 263 Å². The van der Waals surface area contributed by atoms with Crippen molar-refractivity contribution in [1.29, 1.82) is 0 Å². The predicted molar refractivity (Wildman–Crippen MR) is 282 cm³/mol. The van der Waals surface area contributed by atoms with E-state index in [0.717, 1.165) is 70.6 Å². The molecule has 65 heavy (non-hydrogen) atoms.